The highest BCUT2D eigenvalue weighted by molar-refractivity contribution is 7.13. The minimum Gasteiger partial charge on any atom is -0.481 e. The van der Waals surface area contributed by atoms with E-state index in [9.17, 15) is 9.59 Å². The number of carboxylic acid groups (broad SMARTS) is 1. The van der Waals surface area contributed by atoms with Crippen LogP contribution in [0.25, 0.3) is 16.4 Å². The Kier molecular flexibility index (Phi) is 6.20. The number of aliphatic carboxylic acids is 1. The summed E-state index contributed by atoms with van der Waals surface area (Å²) in [7, 11) is 0. The summed E-state index contributed by atoms with van der Waals surface area (Å²) >= 11 is 1.52. The number of hydrogen-bond acceptors (Lipinski definition) is 5. The van der Waals surface area contributed by atoms with Crippen molar-refractivity contribution in [3.63, 3.8) is 0 Å². The fourth-order valence-corrected chi connectivity index (χ4v) is 3.50. The van der Waals surface area contributed by atoms with Gasteiger partial charge in [0.1, 0.15) is 0 Å². The van der Waals surface area contributed by atoms with Crippen molar-refractivity contribution >= 4 is 23.2 Å². The zero-order valence-corrected chi connectivity index (χ0v) is 16.6. The van der Waals surface area contributed by atoms with Gasteiger partial charge in [-0.3, -0.25) is 9.59 Å². The maximum Gasteiger partial charge on any atom is 0.305 e. The first-order valence-electron chi connectivity index (χ1n) is 9.03. The maximum atomic E-state index is 13.1. The molecule has 2 aromatic heterocycles. The Morgan fingerprint density at radius 2 is 1.93 bits per heavy atom. The zero-order chi connectivity index (χ0) is 20.1. The molecule has 3 aromatic rings. The normalized spacial score (nSPS) is 11.0. The van der Waals surface area contributed by atoms with Gasteiger partial charge in [-0.15, -0.1) is 16.4 Å². The smallest absolute Gasteiger partial charge is 0.305 e. The van der Waals surface area contributed by atoms with Crippen LogP contribution in [0.2, 0.25) is 0 Å². The minimum atomic E-state index is -0.941. The summed E-state index contributed by atoms with van der Waals surface area (Å²) < 4.78 is 1.66. The fourth-order valence-electron chi connectivity index (χ4n) is 2.81. The number of carbonyl (C=O) groups excluding carboxylic acids is 1. The molecule has 1 N–H and O–H groups in total. The molecule has 1 aromatic carbocycles. The molecule has 0 aliphatic heterocycles. The third kappa shape index (κ3) is 4.64. The van der Waals surface area contributed by atoms with Gasteiger partial charge in [0.2, 0.25) is 5.82 Å². The van der Waals surface area contributed by atoms with E-state index in [0.717, 1.165) is 10.6 Å². The molecule has 1 amide bonds. The van der Waals surface area contributed by atoms with Gasteiger partial charge in [0.15, 0.2) is 5.82 Å². The van der Waals surface area contributed by atoms with E-state index in [1.54, 1.807) is 4.68 Å². The minimum absolute atomic E-state index is 0.0679. The number of amides is 1. The number of hydrogen-bond donors (Lipinski definition) is 1. The molecular weight excluding hydrogens is 376 g/mol. The highest BCUT2D eigenvalue weighted by atomic mass is 32.1. The van der Waals surface area contributed by atoms with E-state index in [2.05, 4.69) is 10.1 Å². The standard InChI is InChI=1S/C20H22N4O3S/c1-14(2)13-23(11-10-17(25)26)20(27)18-21-19(16-9-6-12-28-16)24(22-18)15-7-4-3-5-8-15/h3-9,12,14H,10-11,13H2,1-2H3,(H,25,26). The lowest BCUT2D eigenvalue weighted by atomic mass is 10.2. The Balaban J connectivity index is 1.98. The summed E-state index contributed by atoms with van der Waals surface area (Å²) in [5.41, 5.74) is 0.804. The Morgan fingerprint density at radius 3 is 2.54 bits per heavy atom. The average Bonchev–Trinajstić information content (AvgIpc) is 3.34. The lowest BCUT2D eigenvalue weighted by molar-refractivity contribution is -0.137. The molecule has 146 valence electrons. The van der Waals surface area contributed by atoms with Gasteiger partial charge >= 0.3 is 5.97 Å². The van der Waals surface area contributed by atoms with E-state index < -0.39 is 5.97 Å². The number of aromatic nitrogens is 3. The van der Waals surface area contributed by atoms with Crippen molar-refractivity contribution in [1.82, 2.24) is 19.7 Å². The number of carbonyl (C=O) groups is 2. The summed E-state index contributed by atoms with van der Waals surface area (Å²) in [5, 5.41) is 15.4. The van der Waals surface area contributed by atoms with Crippen LogP contribution in [-0.4, -0.2) is 49.7 Å². The third-order valence-electron chi connectivity index (χ3n) is 4.01. The molecule has 3 rings (SSSR count). The SMILES string of the molecule is CC(C)CN(CCC(=O)O)C(=O)c1nc(-c2cccs2)n(-c2ccccc2)n1. The number of para-hydroxylation sites is 1. The fraction of sp³-hybridized carbons (Fsp3) is 0.300. The number of carboxylic acids is 1. The van der Waals surface area contributed by atoms with Crippen molar-refractivity contribution < 1.29 is 14.7 Å². The number of nitrogens with zero attached hydrogens (tertiary/aromatic N) is 4. The summed E-state index contributed by atoms with van der Waals surface area (Å²) in [6, 6.07) is 13.4. The van der Waals surface area contributed by atoms with E-state index in [-0.39, 0.29) is 30.6 Å². The zero-order valence-electron chi connectivity index (χ0n) is 15.8. The van der Waals surface area contributed by atoms with Crippen LogP contribution in [0.1, 0.15) is 30.9 Å². The molecule has 0 spiro atoms. The van der Waals surface area contributed by atoms with Gasteiger partial charge in [0.05, 0.1) is 17.0 Å². The van der Waals surface area contributed by atoms with Gasteiger partial charge in [0, 0.05) is 13.1 Å². The van der Waals surface area contributed by atoms with Crippen molar-refractivity contribution in [2.75, 3.05) is 13.1 Å². The Labute approximate surface area is 167 Å². The third-order valence-corrected chi connectivity index (χ3v) is 4.87. The Bertz CT molecular complexity index is 936. The van der Waals surface area contributed by atoms with Crippen LogP contribution < -0.4 is 0 Å². The molecule has 0 atom stereocenters. The van der Waals surface area contributed by atoms with E-state index in [1.807, 2.05) is 61.7 Å². The predicted octanol–water partition coefficient (Wildman–Crippen LogP) is 3.57. The molecule has 0 aliphatic carbocycles. The molecule has 28 heavy (non-hydrogen) atoms. The summed E-state index contributed by atoms with van der Waals surface area (Å²) in [6.07, 6.45) is -0.115. The van der Waals surface area contributed by atoms with E-state index in [0.29, 0.717) is 12.4 Å². The summed E-state index contributed by atoms with van der Waals surface area (Å²) in [5.74, 6) is -0.442. The molecule has 7 nitrogen and oxygen atoms in total. The maximum absolute atomic E-state index is 13.1. The van der Waals surface area contributed by atoms with Crippen molar-refractivity contribution in [1.29, 1.82) is 0 Å². The predicted molar refractivity (Wildman–Crippen MR) is 108 cm³/mol. The quantitative estimate of drug-likeness (QED) is 0.627. The van der Waals surface area contributed by atoms with Crippen LogP contribution in [0.5, 0.6) is 0 Å². The second-order valence-electron chi connectivity index (χ2n) is 6.77. The lowest BCUT2D eigenvalue weighted by Crippen LogP contribution is -2.36. The first-order valence-corrected chi connectivity index (χ1v) is 9.91. The van der Waals surface area contributed by atoms with Gasteiger partial charge in [-0.05, 0) is 29.5 Å². The Morgan fingerprint density at radius 1 is 1.18 bits per heavy atom. The lowest BCUT2D eigenvalue weighted by Gasteiger charge is -2.22. The molecule has 8 heteroatoms. The molecule has 0 bridgehead atoms. The molecule has 0 saturated carbocycles. The molecular formula is C20H22N4O3S. The molecule has 2 heterocycles. The first-order chi connectivity index (χ1) is 13.5. The van der Waals surface area contributed by atoms with Crippen LogP contribution in [0, 0.1) is 5.92 Å². The van der Waals surface area contributed by atoms with E-state index in [1.165, 1.54) is 16.2 Å². The molecule has 0 radical (unpaired) electrons. The van der Waals surface area contributed by atoms with Gasteiger partial charge in [-0.25, -0.2) is 9.67 Å². The highest BCUT2D eigenvalue weighted by Gasteiger charge is 2.24. The van der Waals surface area contributed by atoms with Gasteiger partial charge in [0.25, 0.3) is 5.91 Å². The second kappa shape index (κ2) is 8.79. The largest absolute Gasteiger partial charge is 0.481 e. The van der Waals surface area contributed by atoms with E-state index in [4.69, 9.17) is 5.11 Å². The van der Waals surface area contributed by atoms with Gasteiger partial charge < -0.3 is 10.0 Å². The molecule has 0 fully saturated rings. The van der Waals surface area contributed by atoms with Crippen LogP contribution in [0.15, 0.2) is 47.8 Å². The highest BCUT2D eigenvalue weighted by Crippen LogP contribution is 2.26. The number of thiophene rings is 1. The number of rotatable bonds is 8. The van der Waals surface area contributed by atoms with Crippen molar-refractivity contribution in [3.8, 4) is 16.4 Å². The monoisotopic (exact) mass is 398 g/mol. The van der Waals surface area contributed by atoms with Crippen LogP contribution in [0.3, 0.4) is 0 Å². The van der Waals surface area contributed by atoms with Crippen molar-refractivity contribution in [2.45, 2.75) is 20.3 Å². The van der Waals surface area contributed by atoms with Gasteiger partial charge in [-0.1, -0.05) is 38.1 Å². The topological polar surface area (TPSA) is 88.3 Å². The number of benzene rings is 1. The summed E-state index contributed by atoms with van der Waals surface area (Å²) in [6.45, 7) is 4.53. The summed E-state index contributed by atoms with van der Waals surface area (Å²) in [4.78, 5) is 31.0. The average molecular weight is 398 g/mol. The first kappa shape index (κ1) is 19.8. The molecule has 0 unspecified atom stereocenters. The van der Waals surface area contributed by atoms with Gasteiger partial charge in [-0.2, -0.15) is 0 Å². The molecule has 0 aliphatic rings. The Hall–Kier alpha value is -3.00. The van der Waals surface area contributed by atoms with Crippen LogP contribution in [0.4, 0.5) is 0 Å². The second-order valence-corrected chi connectivity index (χ2v) is 7.72. The molecule has 0 saturated heterocycles. The van der Waals surface area contributed by atoms with Crippen LogP contribution in [-0.2, 0) is 4.79 Å². The van der Waals surface area contributed by atoms with Crippen molar-refractivity contribution in [2.24, 2.45) is 5.92 Å². The van der Waals surface area contributed by atoms with E-state index >= 15 is 0 Å². The van der Waals surface area contributed by atoms with Crippen molar-refractivity contribution in [3.05, 3.63) is 53.7 Å². The van der Waals surface area contributed by atoms with Crippen LogP contribution >= 0.6 is 11.3 Å².